The number of tetrazole rings is 1. The van der Waals surface area contributed by atoms with E-state index in [-0.39, 0.29) is 0 Å². The van der Waals surface area contributed by atoms with E-state index in [2.05, 4.69) is 30.8 Å². The van der Waals surface area contributed by atoms with Crippen molar-refractivity contribution in [1.29, 1.82) is 0 Å². The van der Waals surface area contributed by atoms with E-state index in [1.807, 2.05) is 41.2 Å². The Morgan fingerprint density at radius 1 is 1.16 bits per heavy atom. The van der Waals surface area contributed by atoms with Crippen molar-refractivity contribution < 1.29 is 4.52 Å². The van der Waals surface area contributed by atoms with Gasteiger partial charge in [0.25, 0.3) is 5.89 Å². The molecule has 0 N–H and O–H groups in total. The van der Waals surface area contributed by atoms with E-state index in [0.29, 0.717) is 18.3 Å². The molecule has 9 heteroatoms. The van der Waals surface area contributed by atoms with Crippen molar-refractivity contribution in [3.63, 3.8) is 0 Å². The van der Waals surface area contributed by atoms with Crippen LogP contribution >= 0.6 is 0 Å². The first kappa shape index (κ1) is 14.0. The van der Waals surface area contributed by atoms with Crippen LogP contribution in [0, 0.1) is 0 Å². The van der Waals surface area contributed by atoms with Crippen molar-refractivity contribution in [1.82, 2.24) is 40.1 Å². The summed E-state index contributed by atoms with van der Waals surface area (Å²) in [5.74, 6) is 1.11. The van der Waals surface area contributed by atoms with E-state index in [1.54, 1.807) is 17.2 Å². The highest BCUT2D eigenvalue weighted by molar-refractivity contribution is 5.59. The monoisotopic (exact) mass is 334 g/mol. The SMILES string of the molecule is c1ccc(-c2noc(C3(n4cnnn4)CC3)n2)c(Cn2cccn2)c1. The van der Waals surface area contributed by atoms with Gasteiger partial charge in [-0.25, -0.2) is 4.68 Å². The molecule has 0 saturated heterocycles. The average molecular weight is 334 g/mol. The standard InChI is InChI=1S/C16H14N8O/c1-2-5-13(12(4-1)10-23-9-3-8-18-23)14-19-15(25-20-14)16(6-7-16)24-11-17-21-22-24/h1-5,8-9,11H,6-7,10H2. The molecule has 0 radical (unpaired) electrons. The van der Waals surface area contributed by atoms with Crippen molar-refractivity contribution in [2.24, 2.45) is 0 Å². The minimum absolute atomic E-state index is 0.397. The third kappa shape index (κ3) is 2.32. The molecule has 0 unspecified atom stereocenters. The highest BCUT2D eigenvalue weighted by atomic mass is 16.5. The summed E-state index contributed by atoms with van der Waals surface area (Å²) in [5, 5.41) is 19.9. The lowest BCUT2D eigenvalue weighted by Gasteiger charge is -2.08. The van der Waals surface area contributed by atoms with Crippen LogP contribution < -0.4 is 0 Å². The van der Waals surface area contributed by atoms with Crippen molar-refractivity contribution in [2.45, 2.75) is 24.9 Å². The fraction of sp³-hybridized carbons (Fsp3) is 0.250. The number of rotatable bonds is 5. The molecule has 0 atom stereocenters. The van der Waals surface area contributed by atoms with E-state index in [1.165, 1.54) is 0 Å². The maximum atomic E-state index is 5.56. The van der Waals surface area contributed by atoms with Crippen LogP contribution in [0.1, 0.15) is 24.3 Å². The van der Waals surface area contributed by atoms with E-state index < -0.39 is 5.54 Å². The van der Waals surface area contributed by atoms with Crippen LogP contribution in [0.3, 0.4) is 0 Å². The lowest BCUT2D eigenvalue weighted by atomic mass is 10.1. The maximum Gasteiger partial charge on any atom is 0.255 e. The number of benzene rings is 1. The van der Waals surface area contributed by atoms with Crippen LogP contribution in [0.25, 0.3) is 11.4 Å². The normalized spacial score (nSPS) is 15.4. The summed E-state index contributed by atoms with van der Waals surface area (Å²) in [4.78, 5) is 4.64. The Balaban J connectivity index is 1.50. The molecule has 0 spiro atoms. The third-order valence-electron chi connectivity index (χ3n) is 4.49. The predicted octanol–water partition coefficient (Wildman–Crippen LogP) is 1.51. The number of hydrogen-bond acceptors (Lipinski definition) is 7. The Morgan fingerprint density at radius 2 is 2.08 bits per heavy atom. The van der Waals surface area contributed by atoms with Gasteiger partial charge in [-0.15, -0.1) is 5.10 Å². The zero-order chi connectivity index (χ0) is 16.7. The highest BCUT2D eigenvalue weighted by Crippen LogP contribution is 2.48. The third-order valence-corrected chi connectivity index (χ3v) is 4.49. The van der Waals surface area contributed by atoms with Crippen LogP contribution in [0.4, 0.5) is 0 Å². The summed E-state index contributed by atoms with van der Waals surface area (Å²) in [7, 11) is 0. The minimum Gasteiger partial charge on any atom is -0.336 e. The van der Waals surface area contributed by atoms with Crippen LogP contribution in [0.2, 0.25) is 0 Å². The van der Waals surface area contributed by atoms with E-state index >= 15 is 0 Å². The molecule has 0 amide bonds. The molecule has 3 heterocycles. The largest absolute Gasteiger partial charge is 0.336 e. The van der Waals surface area contributed by atoms with Crippen molar-refractivity contribution in [3.8, 4) is 11.4 Å². The van der Waals surface area contributed by atoms with Gasteiger partial charge in [0.15, 0.2) is 0 Å². The molecule has 0 aliphatic heterocycles. The van der Waals surface area contributed by atoms with Crippen molar-refractivity contribution in [2.75, 3.05) is 0 Å². The molecule has 1 aliphatic carbocycles. The topological polar surface area (TPSA) is 100 Å². The lowest BCUT2D eigenvalue weighted by molar-refractivity contribution is 0.311. The van der Waals surface area contributed by atoms with Gasteiger partial charge < -0.3 is 4.52 Å². The van der Waals surface area contributed by atoms with Gasteiger partial charge in [0, 0.05) is 18.0 Å². The predicted molar refractivity (Wildman–Crippen MR) is 85.2 cm³/mol. The highest BCUT2D eigenvalue weighted by Gasteiger charge is 2.53. The molecule has 5 rings (SSSR count). The summed E-state index contributed by atoms with van der Waals surface area (Å²) in [6.45, 7) is 0.644. The van der Waals surface area contributed by atoms with E-state index in [4.69, 9.17) is 4.52 Å². The van der Waals surface area contributed by atoms with Gasteiger partial charge in [0.1, 0.15) is 11.9 Å². The smallest absolute Gasteiger partial charge is 0.255 e. The lowest BCUT2D eigenvalue weighted by Crippen LogP contribution is -2.19. The molecular formula is C16H14N8O. The molecule has 0 bridgehead atoms. The molecular weight excluding hydrogens is 320 g/mol. The fourth-order valence-electron chi connectivity index (χ4n) is 2.98. The first-order valence-electron chi connectivity index (χ1n) is 7.98. The summed E-state index contributed by atoms with van der Waals surface area (Å²) in [6.07, 6.45) is 7.04. The summed E-state index contributed by atoms with van der Waals surface area (Å²) in [6, 6.07) is 9.89. The number of aromatic nitrogens is 8. The molecule has 1 saturated carbocycles. The second-order valence-corrected chi connectivity index (χ2v) is 6.07. The van der Waals surface area contributed by atoms with Gasteiger partial charge in [-0.2, -0.15) is 10.1 Å². The van der Waals surface area contributed by atoms with Gasteiger partial charge >= 0.3 is 0 Å². The zero-order valence-electron chi connectivity index (χ0n) is 13.2. The first-order valence-corrected chi connectivity index (χ1v) is 7.98. The molecule has 1 aliphatic rings. The molecule has 25 heavy (non-hydrogen) atoms. The van der Waals surface area contributed by atoms with E-state index in [9.17, 15) is 0 Å². The molecule has 124 valence electrons. The zero-order valence-corrected chi connectivity index (χ0v) is 13.2. The average Bonchev–Trinajstić information content (AvgIpc) is 3.14. The number of hydrogen-bond donors (Lipinski definition) is 0. The minimum atomic E-state index is -0.397. The van der Waals surface area contributed by atoms with Gasteiger partial charge in [0.05, 0.1) is 6.54 Å². The molecule has 4 aromatic rings. The van der Waals surface area contributed by atoms with Gasteiger partial charge in [0.2, 0.25) is 5.82 Å². The Kier molecular flexibility index (Phi) is 2.99. The Labute approximate surface area is 142 Å². The Morgan fingerprint density at radius 3 is 2.84 bits per heavy atom. The second-order valence-electron chi connectivity index (χ2n) is 6.07. The van der Waals surface area contributed by atoms with Crippen LogP contribution in [0.15, 0.2) is 53.6 Å². The maximum absolute atomic E-state index is 5.56. The second kappa shape index (κ2) is 5.33. The molecule has 1 fully saturated rings. The van der Waals surface area contributed by atoms with Crippen LogP contribution in [0.5, 0.6) is 0 Å². The summed E-state index contributed by atoms with van der Waals surface area (Å²) < 4.78 is 9.12. The van der Waals surface area contributed by atoms with Gasteiger partial charge in [-0.1, -0.05) is 29.4 Å². The molecule has 3 aromatic heterocycles. The van der Waals surface area contributed by atoms with Gasteiger partial charge in [-0.05, 0) is 34.9 Å². The summed E-state index contributed by atoms with van der Waals surface area (Å²) >= 11 is 0. The van der Waals surface area contributed by atoms with Crippen LogP contribution in [-0.2, 0) is 12.1 Å². The van der Waals surface area contributed by atoms with E-state index in [0.717, 1.165) is 24.0 Å². The quantitative estimate of drug-likeness (QED) is 0.545. The van der Waals surface area contributed by atoms with Crippen LogP contribution in [-0.4, -0.2) is 40.1 Å². The van der Waals surface area contributed by atoms with Gasteiger partial charge in [-0.3, -0.25) is 4.68 Å². The fourth-order valence-corrected chi connectivity index (χ4v) is 2.98. The molecule has 1 aromatic carbocycles. The van der Waals surface area contributed by atoms with Crippen molar-refractivity contribution in [3.05, 3.63) is 60.5 Å². The Bertz CT molecular complexity index is 985. The molecule has 9 nitrogen and oxygen atoms in total. The summed E-state index contributed by atoms with van der Waals surface area (Å²) in [5.41, 5.74) is 1.61. The van der Waals surface area contributed by atoms with Crippen molar-refractivity contribution >= 4 is 0 Å². The Hall–Kier alpha value is -3.36. The number of nitrogens with zero attached hydrogens (tertiary/aromatic N) is 8. The first-order chi connectivity index (χ1) is 12.4.